The molecule has 0 aliphatic heterocycles. The first kappa shape index (κ1) is 15.9. The summed E-state index contributed by atoms with van der Waals surface area (Å²) >= 11 is 0. The van der Waals surface area contributed by atoms with Crippen LogP contribution in [0.1, 0.15) is 38.7 Å². The Bertz CT molecular complexity index is 511. The van der Waals surface area contributed by atoms with E-state index in [1.807, 2.05) is 44.2 Å². The average Bonchev–Trinajstić information content (AvgIpc) is 2.43. The van der Waals surface area contributed by atoms with Crippen molar-refractivity contribution in [3.63, 3.8) is 0 Å². The number of carbonyl (C=O) groups excluding carboxylic acids is 2. The van der Waals surface area contributed by atoms with Crippen molar-refractivity contribution in [2.45, 2.75) is 33.1 Å². The summed E-state index contributed by atoms with van der Waals surface area (Å²) in [4.78, 5) is 23.5. The van der Waals surface area contributed by atoms with Crippen LogP contribution >= 0.6 is 0 Å². The number of benzene rings is 1. The second-order valence-corrected chi connectivity index (χ2v) is 4.83. The third kappa shape index (κ3) is 5.22. The highest BCUT2D eigenvalue weighted by Gasteiger charge is 2.12. The second-order valence-electron chi connectivity index (χ2n) is 4.83. The zero-order chi connectivity index (χ0) is 15.0. The molecule has 3 heteroatoms. The molecular formula is C17H21NO2. The average molecular weight is 271 g/mol. The smallest absolute Gasteiger partial charge is 0.231 e. The molecule has 0 aliphatic rings. The van der Waals surface area contributed by atoms with E-state index in [4.69, 9.17) is 0 Å². The summed E-state index contributed by atoms with van der Waals surface area (Å²) < 4.78 is 0. The number of hydrogen-bond donors (Lipinski definition) is 1. The Morgan fingerprint density at radius 1 is 1.20 bits per heavy atom. The van der Waals surface area contributed by atoms with Gasteiger partial charge in [0.1, 0.15) is 5.78 Å². The summed E-state index contributed by atoms with van der Waals surface area (Å²) in [6.07, 6.45) is 2.57. The van der Waals surface area contributed by atoms with Crippen molar-refractivity contribution in [2.75, 3.05) is 0 Å². The predicted molar refractivity (Wildman–Crippen MR) is 81.9 cm³/mol. The van der Waals surface area contributed by atoms with Crippen molar-refractivity contribution >= 4 is 17.4 Å². The highest BCUT2D eigenvalue weighted by molar-refractivity contribution is 6.01. The molecule has 3 nitrogen and oxygen atoms in total. The SMILES string of the molecule is C=CCCC(=O)CC(=O)NC(=C(C)C)c1ccccc1. The topological polar surface area (TPSA) is 46.2 Å². The lowest BCUT2D eigenvalue weighted by Gasteiger charge is -2.12. The Labute approximate surface area is 120 Å². The van der Waals surface area contributed by atoms with Crippen molar-refractivity contribution in [3.8, 4) is 0 Å². The fourth-order valence-electron chi connectivity index (χ4n) is 1.80. The van der Waals surface area contributed by atoms with Crippen molar-refractivity contribution < 1.29 is 9.59 Å². The molecular weight excluding hydrogens is 250 g/mol. The largest absolute Gasteiger partial charge is 0.325 e. The Morgan fingerprint density at radius 2 is 1.85 bits per heavy atom. The van der Waals surface area contributed by atoms with Gasteiger partial charge in [-0.2, -0.15) is 0 Å². The Morgan fingerprint density at radius 3 is 2.40 bits per heavy atom. The van der Waals surface area contributed by atoms with Crippen LogP contribution in [0.25, 0.3) is 5.70 Å². The third-order valence-corrected chi connectivity index (χ3v) is 2.81. The van der Waals surface area contributed by atoms with Crippen LogP contribution in [-0.4, -0.2) is 11.7 Å². The van der Waals surface area contributed by atoms with Gasteiger partial charge in [0.15, 0.2) is 0 Å². The minimum atomic E-state index is -0.265. The van der Waals surface area contributed by atoms with E-state index in [1.165, 1.54) is 0 Å². The van der Waals surface area contributed by atoms with E-state index in [1.54, 1.807) is 6.08 Å². The maximum Gasteiger partial charge on any atom is 0.231 e. The Kier molecular flexibility index (Phi) is 6.44. The monoisotopic (exact) mass is 271 g/mol. The van der Waals surface area contributed by atoms with Gasteiger partial charge in [-0.05, 0) is 25.8 Å². The van der Waals surface area contributed by atoms with Gasteiger partial charge in [0.2, 0.25) is 5.91 Å². The number of nitrogens with one attached hydrogen (secondary N) is 1. The van der Waals surface area contributed by atoms with Crippen LogP contribution < -0.4 is 5.32 Å². The van der Waals surface area contributed by atoms with Crippen molar-refractivity contribution in [2.24, 2.45) is 0 Å². The molecule has 0 unspecified atom stereocenters. The van der Waals surface area contributed by atoms with Gasteiger partial charge >= 0.3 is 0 Å². The maximum atomic E-state index is 11.9. The first-order valence-corrected chi connectivity index (χ1v) is 6.70. The predicted octanol–water partition coefficient (Wildman–Crippen LogP) is 3.48. The standard InChI is InChI=1S/C17H21NO2/c1-4-5-11-15(19)12-16(20)18-17(13(2)3)14-9-7-6-8-10-14/h4,6-10H,1,5,11-12H2,2-3H3,(H,18,20). The zero-order valence-corrected chi connectivity index (χ0v) is 12.1. The van der Waals surface area contributed by atoms with Crippen molar-refractivity contribution in [3.05, 3.63) is 54.1 Å². The molecule has 0 radical (unpaired) electrons. The van der Waals surface area contributed by atoms with E-state index in [0.717, 1.165) is 16.8 Å². The molecule has 0 atom stereocenters. The van der Waals surface area contributed by atoms with Gasteiger partial charge in [0, 0.05) is 12.1 Å². The minimum absolute atomic E-state index is 0.0661. The number of Topliss-reactive ketones (excluding diaryl/α,β-unsaturated/α-hetero) is 1. The number of allylic oxidation sites excluding steroid dienone is 2. The summed E-state index contributed by atoms with van der Waals surface area (Å²) in [6.45, 7) is 7.43. The van der Waals surface area contributed by atoms with E-state index >= 15 is 0 Å². The van der Waals surface area contributed by atoms with Gasteiger partial charge in [-0.25, -0.2) is 0 Å². The first-order valence-electron chi connectivity index (χ1n) is 6.70. The fourth-order valence-corrected chi connectivity index (χ4v) is 1.80. The van der Waals surface area contributed by atoms with Gasteiger partial charge in [-0.3, -0.25) is 9.59 Å². The minimum Gasteiger partial charge on any atom is -0.325 e. The van der Waals surface area contributed by atoms with E-state index < -0.39 is 0 Å². The molecule has 0 spiro atoms. The summed E-state index contributed by atoms with van der Waals surface area (Å²) in [5.41, 5.74) is 2.72. The lowest BCUT2D eigenvalue weighted by Crippen LogP contribution is -2.25. The molecule has 1 aromatic carbocycles. The molecule has 0 fully saturated rings. The van der Waals surface area contributed by atoms with Crippen LogP contribution in [0.3, 0.4) is 0 Å². The molecule has 0 saturated carbocycles. The molecule has 0 heterocycles. The van der Waals surface area contributed by atoms with E-state index in [0.29, 0.717) is 12.8 Å². The number of rotatable bonds is 7. The molecule has 1 amide bonds. The van der Waals surface area contributed by atoms with Crippen LogP contribution in [0.15, 0.2) is 48.6 Å². The second kappa shape index (κ2) is 8.10. The highest BCUT2D eigenvalue weighted by atomic mass is 16.2. The summed E-state index contributed by atoms with van der Waals surface area (Å²) in [5, 5.41) is 2.83. The van der Waals surface area contributed by atoms with E-state index in [9.17, 15) is 9.59 Å². The molecule has 20 heavy (non-hydrogen) atoms. The summed E-state index contributed by atoms with van der Waals surface area (Å²) in [7, 11) is 0. The van der Waals surface area contributed by atoms with Crippen molar-refractivity contribution in [1.29, 1.82) is 0 Å². The summed E-state index contributed by atoms with van der Waals surface area (Å²) in [6, 6.07) is 9.62. The molecule has 1 aromatic rings. The number of amides is 1. The Balaban J connectivity index is 2.69. The van der Waals surface area contributed by atoms with Gasteiger partial charge in [-0.15, -0.1) is 6.58 Å². The molecule has 0 aromatic heterocycles. The Hall–Kier alpha value is -2.16. The van der Waals surface area contributed by atoms with Crippen LogP contribution in [0.4, 0.5) is 0 Å². The quantitative estimate of drug-likeness (QED) is 0.609. The number of hydrogen-bond acceptors (Lipinski definition) is 2. The summed E-state index contributed by atoms with van der Waals surface area (Å²) in [5.74, 6) is -0.331. The number of carbonyl (C=O) groups is 2. The van der Waals surface area contributed by atoms with Gasteiger partial charge < -0.3 is 5.32 Å². The lowest BCUT2D eigenvalue weighted by molar-refractivity contribution is -0.127. The fraction of sp³-hybridized carbons (Fsp3) is 0.294. The van der Waals surface area contributed by atoms with Crippen LogP contribution in [0.5, 0.6) is 0 Å². The van der Waals surface area contributed by atoms with Crippen LogP contribution in [0.2, 0.25) is 0 Å². The number of ketones is 1. The lowest BCUT2D eigenvalue weighted by atomic mass is 10.1. The molecule has 0 saturated heterocycles. The molecule has 0 bridgehead atoms. The van der Waals surface area contributed by atoms with E-state index in [-0.39, 0.29) is 18.1 Å². The third-order valence-electron chi connectivity index (χ3n) is 2.81. The van der Waals surface area contributed by atoms with E-state index in [2.05, 4.69) is 11.9 Å². The normalized spacial score (nSPS) is 9.70. The highest BCUT2D eigenvalue weighted by Crippen LogP contribution is 2.15. The molecule has 1 rings (SSSR count). The van der Waals surface area contributed by atoms with Crippen molar-refractivity contribution in [1.82, 2.24) is 5.32 Å². The molecule has 1 N–H and O–H groups in total. The molecule has 0 aliphatic carbocycles. The maximum absolute atomic E-state index is 11.9. The molecule has 106 valence electrons. The van der Waals surface area contributed by atoms with Crippen LogP contribution in [0, 0.1) is 0 Å². The van der Waals surface area contributed by atoms with Crippen LogP contribution in [-0.2, 0) is 9.59 Å². The zero-order valence-electron chi connectivity index (χ0n) is 12.1. The van der Waals surface area contributed by atoms with Gasteiger partial charge in [0.25, 0.3) is 0 Å². The van der Waals surface area contributed by atoms with Gasteiger partial charge in [0.05, 0.1) is 6.42 Å². The van der Waals surface area contributed by atoms with Gasteiger partial charge in [-0.1, -0.05) is 42.0 Å². The first-order chi connectivity index (χ1) is 9.54.